The number of sulfonamides is 1. The highest BCUT2D eigenvalue weighted by Gasteiger charge is 2.14. The van der Waals surface area contributed by atoms with Crippen LogP contribution in [0.25, 0.3) is 0 Å². The molecule has 0 radical (unpaired) electrons. The molecule has 0 aliphatic carbocycles. The lowest BCUT2D eigenvalue weighted by Gasteiger charge is -2.09. The SMILES string of the molecule is O=S(=O)(Nc1cccc(CO)c1)c1cccc(Cl)c1. The van der Waals surface area contributed by atoms with Gasteiger partial charge in [0, 0.05) is 10.7 Å². The third kappa shape index (κ3) is 3.47. The molecule has 0 bridgehead atoms. The van der Waals surface area contributed by atoms with Gasteiger partial charge in [0.25, 0.3) is 10.0 Å². The Morgan fingerprint density at radius 1 is 1.11 bits per heavy atom. The van der Waals surface area contributed by atoms with Gasteiger partial charge in [0.1, 0.15) is 0 Å². The molecule has 100 valence electrons. The maximum absolute atomic E-state index is 12.1. The number of anilines is 1. The van der Waals surface area contributed by atoms with Crippen molar-refractivity contribution in [2.45, 2.75) is 11.5 Å². The number of benzene rings is 2. The summed E-state index contributed by atoms with van der Waals surface area (Å²) in [4.78, 5) is 0.0920. The Hall–Kier alpha value is -1.56. The second-order valence-electron chi connectivity index (χ2n) is 3.92. The van der Waals surface area contributed by atoms with Gasteiger partial charge in [-0.05, 0) is 35.9 Å². The van der Waals surface area contributed by atoms with Crippen molar-refractivity contribution >= 4 is 27.3 Å². The van der Waals surface area contributed by atoms with E-state index in [1.165, 1.54) is 12.1 Å². The van der Waals surface area contributed by atoms with E-state index in [1.54, 1.807) is 36.4 Å². The van der Waals surface area contributed by atoms with Gasteiger partial charge in [-0.15, -0.1) is 0 Å². The first-order chi connectivity index (χ1) is 9.01. The highest BCUT2D eigenvalue weighted by atomic mass is 35.5. The molecule has 0 unspecified atom stereocenters. The van der Waals surface area contributed by atoms with E-state index in [-0.39, 0.29) is 11.5 Å². The van der Waals surface area contributed by atoms with E-state index in [0.29, 0.717) is 16.3 Å². The molecule has 2 aromatic carbocycles. The highest BCUT2D eigenvalue weighted by Crippen LogP contribution is 2.19. The molecule has 2 aromatic rings. The lowest BCUT2D eigenvalue weighted by atomic mass is 10.2. The van der Waals surface area contributed by atoms with Gasteiger partial charge in [0.15, 0.2) is 0 Å². The van der Waals surface area contributed by atoms with Crippen molar-refractivity contribution in [3.05, 3.63) is 59.1 Å². The zero-order chi connectivity index (χ0) is 13.9. The molecule has 0 spiro atoms. The number of halogens is 1. The average Bonchev–Trinajstić information content (AvgIpc) is 2.38. The number of rotatable bonds is 4. The Kier molecular flexibility index (Phi) is 4.09. The summed E-state index contributed by atoms with van der Waals surface area (Å²) in [6, 6.07) is 12.6. The molecule has 0 amide bonds. The van der Waals surface area contributed by atoms with Gasteiger partial charge in [-0.25, -0.2) is 8.42 Å². The smallest absolute Gasteiger partial charge is 0.261 e. The van der Waals surface area contributed by atoms with E-state index in [2.05, 4.69) is 4.72 Å². The summed E-state index contributed by atoms with van der Waals surface area (Å²) < 4.78 is 26.7. The van der Waals surface area contributed by atoms with Crippen molar-refractivity contribution in [1.82, 2.24) is 0 Å². The van der Waals surface area contributed by atoms with Crippen molar-refractivity contribution in [3.63, 3.8) is 0 Å². The summed E-state index contributed by atoms with van der Waals surface area (Å²) in [5, 5.41) is 9.37. The van der Waals surface area contributed by atoms with Crippen LogP contribution in [0.2, 0.25) is 5.02 Å². The summed E-state index contributed by atoms with van der Waals surface area (Å²) in [6.45, 7) is -0.146. The van der Waals surface area contributed by atoms with E-state index in [9.17, 15) is 8.42 Å². The van der Waals surface area contributed by atoms with Crippen LogP contribution in [-0.4, -0.2) is 13.5 Å². The van der Waals surface area contributed by atoms with Crippen LogP contribution in [0.15, 0.2) is 53.4 Å². The molecular formula is C13H12ClNO3S. The maximum atomic E-state index is 12.1. The molecule has 4 nitrogen and oxygen atoms in total. The number of aliphatic hydroxyl groups excluding tert-OH is 1. The molecular weight excluding hydrogens is 286 g/mol. The Labute approximate surface area is 116 Å². The third-order valence-corrected chi connectivity index (χ3v) is 4.08. The molecule has 19 heavy (non-hydrogen) atoms. The van der Waals surface area contributed by atoms with Gasteiger partial charge in [0.05, 0.1) is 11.5 Å². The Morgan fingerprint density at radius 2 is 1.84 bits per heavy atom. The van der Waals surface area contributed by atoms with Crippen molar-refractivity contribution in [1.29, 1.82) is 0 Å². The molecule has 6 heteroatoms. The second-order valence-corrected chi connectivity index (χ2v) is 6.04. The third-order valence-electron chi connectivity index (χ3n) is 2.47. The van der Waals surface area contributed by atoms with Crippen LogP contribution >= 0.6 is 11.6 Å². The minimum absolute atomic E-state index is 0.0920. The fourth-order valence-corrected chi connectivity index (χ4v) is 2.93. The van der Waals surface area contributed by atoms with Gasteiger partial charge < -0.3 is 5.11 Å². The molecule has 2 N–H and O–H groups in total. The fourth-order valence-electron chi connectivity index (χ4n) is 1.58. The van der Waals surface area contributed by atoms with Crippen LogP contribution in [0.3, 0.4) is 0 Å². The fraction of sp³-hybridized carbons (Fsp3) is 0.0769. The highest BCUT2D eigenvalue weighted by molar-refractivity contribution is 7.92. The monoisotopic (exact) mass is 297 g/mol. The largest absolute Gasteiger partial charge is 0.392 e. The number of aliphatic hydroxyl groups is 1. The van der Waals surface area contributed by atoms with Crippen molar-refractivity contribution < 1.29 is 13.5 Å². The van der Waals surface area contributed by atoms with Crippen molar-refractivity contribution in [2.75, 3.05) is 4.72 Å². The molecule has 0 saturated carbocycles. The van der Waals surface area contributed by atoms with Crippen molar-refractivity contribution in [3.8, 4) is 0 Å². The first-order valence-corrected chi connectivity index (χ1v) is 7.35. The summed E-state index contributed by atoms with van der Waals surface area (Å²) in [5.74, 6) is 0. The Balaban J connectivity index is 2.31. The summed E-state index contributed by atoms with van der Waals surface area (Å²) in [7, 11) is -3.68. The van der Waals surface area contributed by atoms with E-state index in [4.69, 9.17) is 16.7 Å². The van der Waals surface area contributed by atoms with Crippen molar-refractivity contribution in [2.24, 2.45) is 0 Å². The maximum Gasteiger partial charge on any atom is 0.261 e. The van der Waals surface area contributed by atoms with Crippen LogP contribution < -0.4 is 4.72 Å². The van der Waals surface area contributed by atoms with E-state index >= 15 is 0 Å². The molecule has 2 rings (SSSR count). The second kappa shape index (κ2) is 5.61. The average molecular weight is 298 g/mol. The predicted molar refractivity (Wildman–Crippen MR) is 74.6 cm³/mol. The normalized spacial score (nSPS) is 11.3. The van der Waals surface area contributed by atoms with Crippen LogP contribution in [0.5, 0.6) is 0 Å². The topological polar surface area (TPSA) is 66.4 Å². The molecule has 0 atom stereocenters. The quantitative estimate of drug-likeness (QED) is 0.911. The van der Waals surface area contributed by atoms with Crippen LogP contribution in [0.1, 0.15) is 5.56 Å². The first kappa shape index (κ1) is 13.9. The summed E-state index contributed by atoms with van der Waals surface area (Å²) in [6.07, 6.45) is 0. The van der Waals surface area contributed by atoms with Gasteiger partial charge in [-0.3, -0.25) is 4.72 Å². The minimum Gasteiger partial charge on any atom is -0.392 e. The Morgan fingerprint density at radius 3 is 2.53 bits per heavy atom. The molecule has 0 aliphatic heterocycles. The molecule has 0 heterocycles. The lowest BCUT2D eigenvalue weighted by molar-refractivity contribution is 0.282. The van der Waals surface area contributed by atoms with Gasteiger partial charge >= 0.3 is 0 Å². The zero-order valence-corrected chi connectivity index (χ0v) is 11.4. The molecule has 0 aromatic heterocycles. The number of hydrogen-bond acceptors (Lipinski definition) is 3. The first-order valence-electron chi connectivity index (χ1n) is 5.49. The van der Waals surface area contributed by atoms with Crippen LogP contribution in [0.4, 0.5) is 5.69 Å². The number of hydrogen-bond donors (Lipinski definition) is 2. The van der Waals surface area contributed by atoms with E-state index < -0.39 is 10.0 Å². The molecule has 0 fully saturated rings. The van der Waals surface area contributed by atoms with Crippen LogP contribution in [-0.2, 0) is 16.6 Å². The lowest BCUT2D eigenvalue weighted by Crippen LogP contribution is -2.13. The van der Waals surface area contributed by atoms with Crippen LogP contribution in [0, 0.1) is 0 Å². The van der Waals surface area contributed by atoms with Gasteiger partial charge in [-0.2, -0.15) is 0 Å². The number of nitrogens with one attached hydrogen (secondary N) is 1. The van der Waals surface area contributed by atoms with E-state index in [1.807, 2.05) is 0 Å². The summed E-state index contributed by atoms with van der Waals surface area (Å²) >= 11 is 5.78. The standard InChI is InChI=1S/C13H12ClNO3S/c14-11-4-2-6-13(8-11)19(17,18)15-12-5-1-3-10(7-12)9-16/h1-8,15-16H,9H2. The summed E-state index contributed by atoms with van der Waals surface area (Å²) in [5.41, 5.74) is 1.03. The Bertz CT molecular complexity index is 686. The minimum atomic E-state index is -3.68. The van der Waals surface area contributed by atoms with Gasteiger partial charge in [0.2, 0.25) is 0 Å². The predicted octanol–water partition coefficient (Wildman–Crippen LogP) is 2.63. The zero-order valence-electron chi connectivity index (χ0n) is 9.88. The molecule has 0 aliphatic rings. The van der Waals surface area contributed by atoms with Gasteiger partial charge in [-0.1, -0.05) is 29.8 Å². The van der Waals surface area contributed by atoms with E-state index in [0.717, 1.165) is 0 Å². The molecule has 0 saturated heterocycles.